The molecule has 0 radical (unpaired) electrons. The summed E-state index contributed by atoms with van der Waals surface area (Å²) in [6.45, 7) is 2.24. The minimum absolute atomic E-state index is 0.439. The molecule has 0 aromatic heterocycles. The highest BCUT2D eigenvalue weighted by Crippen LogP contribution is 2.36. The largest absolute Gasteiger partial charge is 0.0827 e. The van der Waals surface area contributed by atoms with Crippen LogP contribution in [0.2, 0.25) is 10.0 Å². The number of hydrogen-bond acceptors (Lipinski definition) is 0. The third kappa shape index (κ3) is 3.44. The molecule has 2 heteroatoms. The third-order valence-corrected chi connectivity index (χ3v) is 5.35. The van der Waals surface area contributed by atoms with Gasteiger partial charge in [0.25, 0.3) is 0 Å². The lowest BCUT2D eigenvalue weighted by atomic mass is 9.79. The highest BCUT2D eigenvalue weighted by atomic mass is 35.5. The van der Waals surface area contributed by atoms with E-state index in [1.54, 1.807) is 0 Å². The zero-order chi connectivity index (χ0) is 14.8. The minimum Gasteiger partial charge on any atom is -0.0827 e. The molecule has 1 unspecified atom stereocenters. The zero-order valence-electron chi connectivity index (χ0n) is 12.3. The Balaban J connectivity index is 1.68. The molecule has 1 atom stereocenters. The van der Waals surface area contributed by atoms with Gasteiger partial charge in [0.2, 0.25) is 0 Å². The fraction of sp³-hybridized carbons (Fsp3) is 0.368. The summed E-state index contributed by atoms with van der Waals surface area (Å²) in [5.74, 6) is 1.25. The highest BCUT2D eigenvalue weighted by molar-refractivity contribution is 6.42. The van der Waals surface area contributed by atoms with Gasteiger partial charge in [-0.2, -0.15) is 0 Å². The Morgan fingerprint density at radius 3 is 2.29 bits per heavy atom. The predicted molar refractivity (Wildman–Crippen MR) is 91.6 cm³/mol. The summed E-state index contributed by atoms with van der Waals surface area (Å²) in [4.78, 5) is 0. The summed E-state index contributed by atoms with van der Waals surface area (Å²) in [6.07, 6.45) is 5.14. The average molecular weight is 319 g/mol. The molecular weight excluding hydrogens is 299 g/mol. The van der Waals surface area contributed by atoms with Gasteiger partial charge >= 0.3 is 0 Å². The van der Waals surface area contributed by atoms with Crippen LogP contribution < -0.4 is 0 Å². The Hall–Kier alpha value is -0.980. The molecule has 21 heavy (non-hydrogen) atoms. The van der Waals surface area contributed by atoms with Gasteiger partial charge in [-0.1, -0.05) is 66.9 Å². The summed E-state index contributed by atoms with van der Waals surface area (Å²) in [5.41, 5.74) is 4.14. The van der Waals surface area contributed by atoms with Gasteiger partial charge in [0.05, 0.1) is 10.0 Å². The van der Waals surface area contributed by atoms with Crippen molar-refractivity contribution in [1.29, 1.82) is 0 Å². The lowest BCUT2D eigenvalue weighted by Gasteiger charge is -2.26. The molecule has 110 valence electrons. The lowest BCUT2D eigenvalue weighted by molar-refractivity contribution is 0.419. The van der Waals surface area contributed by atoms with Crippen molar-refractivity contribution >= 4 is 23.2 Å². The molecule has 1 saturated carbocycles. The molecule has 0 heterocycles. The van der Waals surface area contributed by atoms with Gasteiger partial charge in [-0.15, -0.1) is 0 Å². The van der Waals surface area contributed by atoms with E-state index in [2.05, 4.69) is 37.3 Å². The van der Waals surface area contributed by atoms with E-state index in [1.165, 1.54) is 36.0 Å². The monoisotopic (exact) mass is 318 g/mol. The summed E-state index contributed by atoms with van der Waals surface area (Å²) in [7, 11) is 0. The van der Waals surface area contributed by atoms with E-state index in [-0.39, 0.29) is 0 Å². The van der Waals surface area contributed by atoms with Gasteiger partial charge in [0.15, 0.2) is 0 Å². The normalized spacial score (nSPS) is 16.5. The fourth-order valence-electron chi connectivity index (χ4n) is 2.96. The van der Waals surface area contributed by atoms with Crippen molar-refractivity contribution in [2.75, 3.05) is 0 Å². The van der Waals surface area contributed by atoms with Gasteiger partial charge in [-0.3, -0.25) is 0 Å². The van der Waals surface area contributed by atoms with Crippen LogP contribution in [0.25, 0.3) is 0 Å². The second-order valence-corrected chi connectivity index (χ2v) is 6.96. The van der Waals surface area contributed by atoms with Crippen molar-refractivity contribution in [3.63, 3.8) is 0 Å². The molecule has 1 aliphatic rings. The maximum Gasteiger partial charge on any atom is 0.0595 e. The molecule has 2 aromatic carbocycles. The number of halogens is 2. The topological polar surface area (TPSA) is 0 Å². The molecule has 1 fully saturated rings. The van der Waals surface area contributed by atoms with Gasteiger partial charge in [-0.25, -0.2) is 0 Å². The molecule has 1 aliphatic carbocycles. The van der Waals surface area contributed by atoms with Gasteiger partial charge in [0, 0.05) is 0 Å². The van der Waals surface area contributed by atoms with Crippen LogP contribution in [0.5, 0.6) is 0 Å². The second-order valence-electron chi connectivity index (χ2n) is 6.15. The summed E-state index contributed by atoms with van der Waals surface area (Å²) in [6, 6.07) is 15.1. The maximum atomic E-state index is 6.11. The highest BCUT2D eigenvalue weighted by Gasteiger charge is 2.19. The smallest absolute Gasteiger partial charge is 0.0595 e. The standard InChI is InChI=1S/C19H20Cl2/c1-13(17-9-10-18(20)19(21)12-17)11-14-5-7-16(8-6-14)15-3-2-4-15/h5-10,12-13,15H,2-4,11H2,1H3. The molecule has 3 rings (SSSR count). The van der Waals surface area contributed by atoms with Crippen LogP contribution in [-0.4, -0.2) is 0 Å². The molecule has 0 nitrogen and oxygen atoms in total. The Morgan fingerprint density at radius 2 is 1.71 bits per heavy atom. The van der Waals surface area contributed by atoms with Crippen LogP contribution in [0.3, 0.4) is 0 Å². The van der Waals surface area contributed by atoms with E-state index in [1.807, 2.05) is 12.1 Å². The first-order valence-corrected chi connectivity index (χ1v) is 8.43. The summed E-state index contributed by atoms with van der Waals surface area (Å²) < 4.78 is 0. The summed E-state index contributed by atoms with van der Waals surface area (Å²) in [5, 5.41) is 1.26. The molecule has 0 saturated heterocycles. The average Bonchev–Trinajstić information content (AvgIpc) is 2.42. The quantitative estimate of drug-likeness (QED) is 0.595. The van der Waals surface area contributed by atoms with Crippen molar-refractivity contribution in [3.8, 4) is 0 Å². The first-order chi connectivity index (χ1) is 10.1. The van der Waals surface area contributed by atoms with E-state index in [0.29, 0.717) is 16.0 Å². The molecule has 0 spiro atoms. The second kappa shape index (κ2) is 6.42. The van der Waals surface area contributed by atoms with Gasteiger partial charge < -0.3 is 0 Å². The first kappa shape index (κ1) is 14.9. The van der Waals surface area contributed by atoms with Crippen molar-refractivity contribution < 1.29 is 0 Å². The molecular formula is C19H20Cl2. The van der Waals surface area contributed by atoms with Gasteiger partial charge in [0.1, 0.15) is 0 Å². The van der Waals surface area contributed by atoms with Crippen LogP contribution >= 0.6 is 23.2 Å². The van der Waals surface area contributed by atoms with Crippen LogP contribution in [0.1, 0.15) is 54.7 Å². The molecule has 0 N–H and O–H groups in total. The van der Waals surface area contributed by atoms with Crippen LogP contribution in [0, 0.1) is 0 Å². The minimum atomic E-state index is 0.439. The fourth-order valence-corrected chi connectivity index (χ4v) is 3.26. The van der Waals surface area contributed by atoms with Crippen LogP contribution in [0.4, 0.5) is 0 Å². The Morgan fingerprint density at radius 1 is 1.00 bits per heavy atom. The van der Waals surface area contributed by atoms with Crippen molar-refractivity contribution in [2.45, 2.75) is 44.4 Å². The summed E-state index contributed by atoms with van der Waals surface area (Å²) >= 11 is 12.1. The maximum absolute atomic E-state index is 6.11. The Labute approximate surface area is 137 Å². The SMILES string of the molecule is CC(Cc1ccc(C2CCC2)cc1)c1ccc(Cl)c(Cl)c1. The van der Waals surface area contributed by atoms with E-state index < -0.39 is 0 Å². The van der Waals surface area contributed by atoms with Crippen LogP contribution in [0.15, 0.2) is 42.5 Å². The molecule has 2 aromatic rings. The van der Waals surface area contributed by atoms with E-state index in [4.69, 9.17) is 23.2 Å². The first-order valence-electron chi connectivity index (χ1n) is 7.67. The molecule has 0 aliphatic heterocycles. The van der Waals surface area contributed by atoms with E-state index in [0.717, 1.165) is 12.3 Å². The predicted octanol–water partition coefficient (Wildman–Crippen LogP) is 6.61. The van der Waals surface area contributed by atoms with Gasteiger partial charge in [-0.05, 0) is 59.9 Å². The Bertz CT molecular complexity index is 612. The van der Waals surface area contributed by atoms with Crippen LogP contribution in [-0.2, 0) is 6.42 Å². The number of hydrogen-bond donors (Lipinski definition) is 0. The number of benzene rings is 2. The van der Waals surface area contributed by atoms with Crippen molar-refractivity contribution in [3.05, 3.63) is 69.2 Å². The van der Waals surface area contributed by atoms with E-state index in [9.17, 15) is 0 Å². The van der Waals surface area contributed by atoms with Crippen molar-refractivity contribution in [2.24, 2.45) is 0 Å². The lowest BCUT2D eigenvalue weighted by Crippen LogP contribution is -2.08. The van der Waals surface area contributed by atoms with E-state index >= 15 is 0 Å². The zero-order valence-corrected chi connectivity index (χ0v) is 13.8. The number of rotatable bonds is 4. The Kier molecular flexibility index (Phi) is 4.57. The van der Waals surface area contributed by atoms with Crippen molar-refractivity contribution in [1.82, 2.24) is 0 Å². The molecule has 0 bridgehead atoms. The third-order valence-electron chi connectivity index (χ3n) is 4.61. The molecule has 0 amide bonds.